The molecule has 1 aliphatic carbocycles. The topological polar surface area (TPSA) is 255 Å². The number of nitrogens with two attached hydrogens (primary N) is 1. The summed E-state index contributed by atoms with van der Waals surface area (Å²) in [5, 5.41) is 0. The first kappa shape index (κ1) is 38.8. The number of rotatable bonds is 11. The highest BCUT2D eigenvalue weighted by Gasteiger charge is 2.61. The predicted octanol–water partition coefficient (Wildman–Crippen LogP) is -1.48. The number of ether oxygens (including phenoxy) is 10. The highest BCUT2D eigenvalue weighted by atomic mass is 16.7. The number of esters is 8. The molecule has 1 aliphatic heterocycles. The van der Waals surface area contributed by atoms with Crippen molar-refractivity contribution < 1.29 is 85.7 Å². The number of carbonyl (C=O) groups excluding carboxylic acids is 8. The molecule has 2 aliphatic rings. The first-order chi connectivity index (χ1) is 21.8. The van der Waals surface area contributed by atoms with Gasteiger partial charge in [0.05, 0.1) is 6.04 Å². The Morgan fingerprint density at radius 3 is 1.06 bits per heavy atom. The maximum absolute atomic E-state index is 12.4. The zero-order valence-corrected chi connectivity index (χ0v) is 27.0. The summed E-state index contributed by atoms with van der Waals surface area (Å²) in [6, 6.07) is -1.52. The van der Waals surface area contributed by atoms with Gasteiger partial charge in [-0.1, -0.05) is 0 Å². The summed E-state index contributed by atoms with van der Waals surface area (Å²) in [5.74, 6) is -7.25. The third kappa shape index (κ3) is 11.1. The monoisotopic (exact) mass is 677 g/mol. The second-order valence-corrected chi connectivity index (χ2v) is 10.5. The van der Waals surface area contributed by atoms with Gasteiger partial charge in [0, 0.05) is 55.4 Å². The Morgan fingerprint density at radius 1 is 0.447 bits per heavy atom. The molecule has 0 amide bonds. The summed E-state index contributed by atoms with van der Waals surface area (Å²) in [6.07, 6.45) is -16.6. The summed E-state index contributed by atoms with van der Waals surface area (Å²) in [5.41, 5.74) is 6.41. The Labute approximate surface area is 268 Å². The molecule has 2 N–H and O–H groups in total. The minimum atomic E-state index is -1.78. The number of hydrogen-bond donors (Lipinski definition) is 1. The van der Waals surface area contributed by atoms with Gasteiger partial charge in [0.2, 0.25) is 0 Å². The first-order valence-corrected chi connectivity index (χ1v) is 14.2. The van der Waals surface area contributed by atoms with E-state index in [1.807, 2.05) is 0 Å². The molecule has 0 aromatic rings. The van der Waals surface area contributed by atoms with Crippen molar-refractivity contribution in [2.75, 3.05) is 6.61 Å². The minimum absolute atomic E-state index is 0.566. The van der Waals surface area contributed by atoms with Crippen LogP contribution in [0.5, 0.6) is 0 Å². The maximum atomic E-state index is 12.4. The molecule has 1 heterocycles. The van der Waals surface area contributed by atoms with E-state index in [4.69, 9.17) is 53.1 Å². The summed E-state index contributed by atoms with van der Waals surface area (Å²) in [6.45, 7) is 7.57. The summed E-state index contributed by atoms with van der Waals surface area (Å²) >= 11 is 0. The van der Waals surface area contributed by atoms with E-state index >= 15 is 0 Å². The van der Waals surface area contributed by atoms with Gasteiger partial charge in [-0.3, -0.25) is 38.4 Å². The Morgan fingerprint density at radius 2 is 0.745 bits per heavy atom. The van der Waals surface area contributed by atoms with Crippen LogP contribution in [-0.4, -0.2) is 122 Å². The van der Waals surface area contributed by atoms with Crippen molar-refractivity contribution in [2.45, 2.75) is 123 Å². The van der Waals surface area contributed by atoms with Crippen molar-refractivity contribution in [3.63, 3.8) is 0 Å². The molecule has 1 saturated carbocycles. The molecule has 264 valence electrons. The standard InChI is InChI=1S/C28H39NO18/c1-10(30)38-9-18-20(39-11(2)31)21(40-12(3)32)19(29)28(46-18)47-27-25(44-16(7)36)23(42-14(5)34)22(41-13(4)33)24(43-15(6)35)26(27)45-17(8)37/h18-28H,9,29H2,1-8H3/t18-,19-,20-,21-,22?,23-,24+,25-,26-,27?,28-/m1/s1. The molecule has 11 atom stereocenters. The molecule has 2 rings (SSSR count). The average molecular weight is 678 g/mol. The molecule has 0 bridgehead atoms. The van der Waals surface area contributed by atoms with Crippen LogP contribution in [-0.2, 0) is 85.7 Å². The average Bonchev–Trinajstić information content (AvgIpc) is 2.90. The number of carbonyl (C=O) groups is 8. The fourth-order valence-corrected chi connectivity index (χ4v) is 5.11. The van der Waals surface area contributed by atoms with Crippen molar-refractivity contribution in [2.24, 2.45) is 5.73 Å². The Bertz CT molecular complexity index is 1180. The van der Waals surface area contributed by atoms with Gasteiger partial charge < -0.3 is 53.1 Å². The molecular weight excluding hydrogens is 638 g/mol. The molecule has 0 radical (unpaired) electrons. The molecule has 19 nitrogen and oxygen atoms in total. The Hall–Kier alpha value is -4.36. The van der Waals surface area contributed by atoms with Crippen LogP contribution in [0, 0.1) is 0 Å². The van der Waals surface area contributed by atoms with Crippen LogP contribution in [0.15, 0.2) is 0 Å². The second kappa shape index (κ2) is 17.0. The third-order valence-electron chi connectivity index (χ3n) is 6.49. The van der Waals surface area contributed by atoms with Crippen molar-refractivity contribution in [1.29, 1.82) is 0 Å². The van der Waals surface area contributed by atoms with Crippen LogP contribution >= 0.6 is 0 Å². The van der Waals surface area contributed by atoms with Gasteiger partial charge in [0.1, 0.15) is 18.8 Å². The molecule has 2 unspecified atom stereocenters. The Balaban J connectivity index is 2.77. The smallest absolute Gasteiger partial charge is 0.303 e. The van der Waals surface area contributed by atoms with E-state index in [2.05, 4.69) is 0 Å². The first-order valence-electron chi connectivity index (χ1n) is 14.2. The molecule has 0 aromatic carbocycles. The second-order valence-electron chi connectivity index (χ2n) is 10.5. The quantitative estimate of drug-likeness (QED) is 0.193. The SMILES string of the molecule is CC(=O)OC[C@H]1O[C@H](OC2[C@H](OC(C)=O)[C@H](OC(C)=O)C(OC(C)=O)[C@H](OC(C)=O)[C@H]2OC(C)=O)[C@H](N)[C@@H](OC(C)=O)[C@@H]1OC(C)=O. The van der Waals surface area contributed by atoms with Crippen LogP contribution in [0.3, 0.4) is 0 Å². The molecule has 1 saturated heterocycles. The van der Waals surface area contributed by atoms with Gasteiger partial charge in [-0.05, 0) is 0 Å². The van der Waals surface area contributed by atoms with Crippen molar-refractivity contribution in [1.82, 2.24) is 0 Å². The van der Waals surface area contributed by atoms with E-state index in [1.54, 1.807) is 0 Å². The lowest BCUT2D eigenvalue weighted by Crippen LogP contribution is -2.71. The van der Waals surface area contributed by atoms with Crippen LogP contribution in [0.2, 0.25) is 0 Å². The fourth-order valence-electron chi connectivity index (χ4n) is 5.11. The highest BCUT2D eigenvalue weighted by molar-refractivity contribution is 5.70. The predicted molar refractivity (Wildman–Crippen MR) is 147 cm³/mol. The van der Waals surface area contributed by atoms with Crippen molar-refractivity contribution in [3.8, 4) is 0 Å². The molecule has 2 fully saturated rings. The van der Waals surface area contributed by atoms with E-state index < -0.39 is 122 Å². The number of hydrogen-bond acceptors (Lipinski definition) is 19. The van der Waals surface area contributed by atoms with E-state index in [0.29, 0.717) is 0 Å². The normalized spacial score (nSPS) is 31.6. The largest absolute Gasteiger partial charge is 0.463 e. The van der Waals surface area contributed by atoms with Crippen LogP contribution in [0.1, 0.15) is 55.4 Å². The van der Waals surface area contributed by atoms with E-state index in [-0.39, 0.29) is 0 Å². The van der Waals surface area contributed by atoms with Gasteiger partial charge in [-0.15, -0.1) is 0 Å². The lowest BCUT2D eigenvalue weighted by molar-refractivity contribution is -0.322. The lowest BCUT2D eigenvalue weighted by Gasteiger charge is -2.50. The van der Waals surface area contributed by atoms with Gasteiger partial charge in [-0.2, -0.15) is 0 Å². The van der Waals surface area contributed by atoms with E-state index in [1.165, 1.54) is 0 Å². The highest BCUT2D eigenvalue weighted by Crippen LogP contribution is 2.37. The summed E-state index contributed by atoms with van der Waals surface area (Å²) < 4.78 is 54.8. The minimum Gasteiger partial charge on any atom is -0.463 e. The van der Waals surface area contributed by atoms with Crippen LogP contribution < -0.4 is 5.73 Å². The third-order valence-corrected chi connectivity index (χ3v) is 6.49. The summed E-state index contributed by atoms with van der Waals surface area (Å²) in [7, 11) is 0. The molecule has 19 heteroatoms. The fraction of sp³-hybridized carbons (Fsp3) is 0.714. The zero-order chi connectivity index (χ0) is 35.7. The summed E-state index contributed by atoms with van der Waals surface area (Å²) in [4.78, 5) is 97.0. The molecule has 0 spiro atoms. The van der Waals surface area contributed by atoms with Gasteiger partial charge in [0.15, 0.2) is 49.0 Å². The molecular formula is C28H39NO18. The maximum Gasteiger partial charge on any atom is 0.303 e. The van der Waals surface area contributed by atoms with E-state index in [0.717, 1.165) is 55.4 Å². The van der Waals surface area contributed by atoms with Crippen LogP contribution in [0.4, 0.5) is 0 Å². The van der Waals surface area contributed by atoms with Crippen LogP contribution in [0.25, 0.3) is 0 Å². The lowest BCUT2D eigenvalue weighted by atomic mass is 9.83. The Kier molecular flexibility index (Phi) is 14.0. The molecule has 0 aromatic heterocycles. The van der Waals surface area contributed by atoms with E-state index in [9.17, 15) is 38.4 Å². The zero-order valence-electron chi connectivity index (χ0n) is 27.0. The molecule has 47 heavy (non-hydrogen) atoms. The van der Waals surface area contributed by atoms with Gasteiger partial charge in [-0.25, -0.2) is 0 Å². The van der Waals surface area contributed by atoms with Gasteiger partial charge >= 0.3 is 47.8 Å². The van der Waals surface area contributed by atoms with Gasteiger partial charge in [0.25, 0.3) is 0 Å². The van der Waals surface area contributed by atoms with Crippen molar-refractivity contribution >= 4 is 47.8 Å². The van der Waals surface area contributed by atoms with Crippen molar-refractivity contribution in [3.05, 3.63) is 0 Å².